The third-order valence-corrected chi connectivity index (χ3v) is 4.57. The number of fused-ring (bicyclic) bond motifs is 1. The summed E-state index contributed by atoms with van der Waals surface area (Å²) < 4.78 is 0. The van der Waals surface area contributed by atoms with Crippen molar-refractivity contribution in [3.63, 3.8) is 0 Å². The molecule has 0 spiro atoms. The number of amides is 2. The Morgan fingerprint density at radius 1 is 1.38 bits per heavy atom. The predicted molar refractivity (Wildman–Crippen MR) is 80.4 cm³/mol. The normalized spacial score (nSPS) is 32.0. The number of rotatable bonds is 2. The van der Waals surface area contributed by atoms with E-state index in [1.807, 2.05) is 12.1 Å². The molecule has 0 saturated carbocycles. The standard InChI is InChI=1S/C16H21N3O2/c1-9(2)10-5-4-6-11-14(18-19(3)15(10)11)12-7-8-13(20)17-16(12)21/h4-6,9,11-12,15H,7-8H2,1-3H3,(H,17,20,21). The van der Waals surface area contributed by atoms with Gasteiger partial charge in [-0.05, 0) is 17.9 Å². The highest BCUT2D eigenvalue weighted by atomic mass is 16.2. The van der Waals surface area contributed by atoms with Crippen molar-refractivity contribution in [1.29, 1.82) is 0 Å². The van der Waals surface area contributed by atoms with Crippen molar-refractivity contribution in [2.45, 2.75) is 32.7 Å². The fourth-order valence-electron chi connectivity index (χ4n) is 3.53. The van der Waals surface area contributed by atoms with Crippen LogP contribution in [0.15, 0.2) is 28.9 Å². The summed E-state index contributed by atoms with van der Waals surface area (Å²) in [7, 11) is 1.96. The molecular formula is C16H21N3O2. The van der Waals surface area contributed by atoms with Gasteiger partial charge in [-0.15, -0.1) is 0 Å². The lowest BCUT2D eigenvalue weighted by Crippen LogP contribution is -2.46. The van der Waals surface area contributed by atoms with E-state index in [2.05, 4.69) is 42.5 Å². The van der Waals surface area contributed by atoms with Gasteiger partial charge >= 0.3 is 0 Å². The van der Waals surface area contributed by atoms with E-state index in [1.54, 1.807) is 0 Å². The first-order valence-corrected chi connectivity index (χ1v) is 7.52. The number of hydrogen-bond donors (Lipinski definition) is 1. The van der Waals surface area contributed by atoms with Crippen molar-refractivity contribution in [1.82, 2.24) is 10.3 Å². The molecule has 1 fully saturated rings. The van der Waals surface area contributed by atoms with Gasteiger partial charge in [0.15, 0.2) is 0 Å². The second-order valence-corrected chi connectivity index (χ2v) is 6.28. The van der Waals surface area contributed by atoms with Crippen molar-refractivity contribution < 1.29 is 9.59 Å². The van der Waals surface area contributed by atoms with Gasteiger partial charge in [-0.2, -0.15) is 5.10 Å². The monoisotopic (exact) mass is 287 g/mol. The van der Waals surface area contributed by atoms with Crippen molar-refractivity contribution in [3.05, 3.63) is 23.8 Å². The Balaban J connectivity index is 1.88. The Morgan fingerprint density at radius 2 is 2.14 bits per heavy atom. The molecule has 112 valence electrons. The first-order chi connectivity index (χ1) is 9.99. The van der Waals surface area contributed by atoms with Gasteiger partial charge in [-0.3, -0.25) is 19.9 Å². The highest BCUT2D eigenvalue weighted by Gasteiger charge is 2.44. The molecule has 3 rings (SSSR count). The summed E-state index contributed by atoms with van der Waals surface area (Å²) >= 11 is 0. The zero-order valence-electron chi connectivity index (χ0n) is 12.7. The van der Waals surface area contributed by atoms with Crippen LogP contribution < -0.4 is 5.32 Å². The van der Waals surface area contributed by atoms with E-state index in [1.165, 1.54) is 5.57 Å². The molecular weight excluding hydrogens is 266 g/mol. The minimum atomic E-state index is -0.281. The molecule has 3 aliphatic rings. The van der Waals surface area contributed by atoms with E-state index >= 15 is 0 Å². The molecule has 5 heteroatoms. The SMILES string of the molecule is CC(C)C1=CC=CC2C(C3CCC(=O)NC3=O)=NN(C)C12. The van der Waals surface area contributed by atoms with Crippen LogP contribution in [-0.2, 0) is 9.59 Å². The summed E-state index contributed by atoms with van der Waals surface area (Å²) in [6.45, 7) is 4.36. The average molecular weight is 287 g/mol. The number of imide groups is 1. The third kappa shape index (κ3) is 2.30. The molecule has 0 aromatic carbocycles. The van der Waals surface area contributed by atoms with E-state index in [4.69, 9.17) is 0 Å². The lowest BCUT2D eigenvalue weighted by atomic mass is 9.77. The van der Waals surface area contributed by atoms with Crippen LogP contribution >= 0.6 is 0 Å². The predicted octanol–water partition coefficient (Wildman–Crippen LogP) is 1.48. The Labute approximate surface area is 124 Å². The van der Waals surface area contributed by atoms with Crippen LogP contribution in [0.25, 0.3) is 0 Å². The summed E-state index contributed by atoms with van der Waals surface area (Å²) in [6.07, 6.45) is 7.31. The number of carbonyl (C=O) groups excluding carboxylic acids is 2. The van der Waals surface area contributed by atoms with Gasteiger partial charge < -0.3 is 0 Å². The van der Waals surface area contributed by atoms with Crippen LogP contribution in [0, 0.1) is 17.8 Å². The molecule has 2 amide bonds. The molecule has 3 atom stereocenters. The molecule has 5 nitrogen and oxygen atoms in total. The molecule has 0 radical (unpaired) electrons. The highest BCUT2D eigenvalue weighted by molar-refractivity contribution is 6.12. The van der Waals surface area contributed by atoms with E-state index < -0.39 is 0 Å². The largest absolute Gasteiger partial charge is 0.296 e. The molecule has 3 unspecified atom stereocenters. The van der Waals surface area contributed by atoms with Crippen LogP contribution in [-0.4, -0.2) is 35.6 Å². The number of likely N-dealkylation sites (N-methyl/N-ethyl adjacent to an activating group) is 1. The van der Waals surface area contributed by atoms with E-state index in [9.17, 15) is 9.59 Å². The van der Waals surface area contributed by atoms with Gasteiger partial charge in [0.05, 0.1) is 17.7 Å². The zero-order valence-corrected chi connectivity index (χ0v) is 12.7. The maximum atomic E-state index is 12.1. The maximum Gasteiger partial charge on any atom is 0.235 e. The van der Waals surface area contributed by atoms with Gasteiger partial charge in [0.2, 0.25) is 11.8 Å². The number of hydrogen-bond acceptors (Lipinski definition) is 4. The van der Waals surface area contributed by atoms with Crippen molar-refractivity contribution in [3.8, 4) is 0 Å². The molecule has 1 saturated heterocycles. The number of allylic oxidation sites excluding steroid dienone is 2. The molecule has 1 aliphatic carbocycles. The summed E-state index contributed by atoms with van der Waals surface area (Å²) in [5.41, 5.74) is 2.24. The first-order valence-electron chi connectivity index (χ1n) is 7.52. The Hall–Kier alpha value is -1.91. The second kappa shape index (κ2) is 5.13. The lowest BCUT2D eigenvalue weighted by Gasteiger charge is -2.31. The number of carbonyl (C=O) groups is 2. The van der Waals surface area contributed by atoms with Gasteiger partial charge in [0, 0.05) is 19.4 Å². The maximum absolute atomic E-state index is 12.1. The van der Waals surface area contributed by atoms with Crippen LogP contribution in [0.5, 0.6) is 0 Å². The second-order valence-electron chi connectivity index (χ2n) is 6.28. The molecule has 2 heterocycles. The molecule has 1 N–H and O–H groups in total. The fraction of sp³-hybridized carbons (Fsp3) is 0.562. The Bertz CT molecular complexity index is 574. The average Bonchev–Trinajstić information content (AvgIpc) is 2.76. The highest BCUT2D eigenvalue weighted by Crippen LogP contribution is 2.37. The number of nitrogens with one attached hydrogen (secondary N) is 1. The minimum absolute atomic E-state index is 0.140. The molecule has 0 bridgehead atoms. The lowest BCUT2D eigenvalue weighted by molar-refractivity contribution is -0.134. The number of piperidine rings is 1. The van der Waals surface area contributed by atoms with Crippen LogP contribution in [0.2, 0.25) is 0 Å². The molecule has 0 aromatic heterocycles. The van der Waals surface area contributed by atoms with E-state index in [-0.39, 0.29) is 29.7 Å². The van der Waals surface area contributed by atoms with E-state index in [0.717, 1.165) is 5.71 Å². The van der Waals surface area contributed by atoms with Crippen LogP contribution in [0.3, 0.4) is 0 Å². The van der Waals surface area contributed by atoms with Gasteiger partial charge in [-0.25, -0.2) is 0 Å². The summed E-state index contributed by atoms with van der Waals surface area (Å²) in [4.78, 5) is 23.4. The molecule has 2 aliphatic heterocycles. The first kappa shape index (κ1) is 14.0. The van der Waals surface area contributed by atoms with Crippen molar-refractivity contribution in [2.75, 3.05) is 7.05 Å². The van der Waals surface area contributed by atoms with Gasteiger partial charge in [0.25, 0.3) is 0 Å². The van der Waals surface area contributed by atoms with E-state index in [0.29, 0.717) is 18.8 Å². The number of nitrogens with zero attached hydrogens (tertiary/aromatic N) is 2. The van der Waals surface area contributed by atoms with Crippen LogP contribution in [0.4, 0.5) is 0 Å². The smallest absolute Gasteiger partial charge is 0.235 e. The Morgan fingerprint density at radius 3 is 2.81 bits per heavy atom. The quantitative estimate of drug-likeness (QED) is 0.783. The Kier molecular flexibility index (Phi) is 3.43. The number of hydrazone groups is 1. The summed E-state index contributed by atoms with van der Waals surface area (Å²) in [6, 6.07) is 0.204. The minimum Gasteiger partial charge on any atom is -0.296 e. The third-order valence-electron chi connectivity index (χ3n) is 4.57. The summed E-state index contributed by atoms with van der Waals surface area (Å²) in [5.74, 6) is -0.0753. The zero-order chi connectivity index (χ0) is 15.1. The van der Waals surface area contributed by atoms with Gasteiger partial charge in [-0.1, -0.05) is 32.1 Å². The van der Waals surface area contributed by atoms with Crippen molar-refractivity contribution >= 4 is 17.5 Å². The summed E-state index contributed by atoms with van der Waals surface area (Å²) in [5, 5.41) is 9.06. The van der Waals surface area contributed by atoms with Crippen molar-refractivity contribution in [2.24, 2.45) is 22.9 Å². The topological polar surface area (TPSA) is 61.8 Å². The van der Waals surface area contributed by atoms with Gasteiger partial charge in [0.1, 0.15) is 0 Å². The molecule has 21 heavy (non-hydrogen) atoms. The fourth-order valence-corrected chi connectivity index (χ4v) is 3.53. The molecule has 0 aromatic rings. The van der Waals surface area contributed by atoms with Crippen LogP contribution in [0.1, 0.15) is 26.7 Å².